The van der Waals surface area contributed by atoms with E-state index in [2.05, 4.69) is 0 Å². The Morgan fingerprint density at radius 2 is 1.85 bits per heavy atom. The molecule has 0 aliphatic carbocycles. The number of rotatable bonds is 3. The molecule has 5 aromatic rings. The third-order valence-corrected chi connectivity index (χ3v) is 6.78. The molecule has 1 aliphatic rings. The zero-order valence-corrected chi connectivity index (χ0v) is 19.1. The minimum Gasteiger partial charge on any atom is -0.376 e. The second kappa shape index (κ2) is 7.64. The summed E-state index contributed by atoms with van der Waals surface area (Å²) in [4.78, 5) is 28.4. The average molecular weight is 460 g/mol. The maximum absolute atomic E-state index is 13.8. The number of para-hydroxylation sites is 2. The molecule has 0 amide bonds. The summed E-state index contributed by atoms with van der Waals surface area (Å²) in [7, 11) is 0. The number of fused-ring (bicyclic) bond motifs is 4. The van der Waals surface area contributed by atoms with Gasteiger partial charge in [-0.05, 0) is 56.5 Å². The van der Waals surface area contributed by atoms with E-state index in [1.165, 1.54) is 0 Å². The summed E-state index contributed by atoms with van der Waals surface area (Å²) >= 11 is 6.46. The van der Waals surface area contributed by atoms with Gasteiger partial charge in [-0.1, -0.05) is 29.8 Å². The predicted octanol–water partition coefficient (Wildman–Crippen LogP) is 4.73. The minimum absolute atomic E-state index is 0.0248. The molecule has 1 fully saturated rings. The van der Waals surface area contributed by atoms with E-state index < -0.39 is 0 Å². The fourth-order valence-electron chi connectivity index (χ4n) is 4.60. The fourth-order valence-corrected chi connectivity index (χ4v) is 4.78. The van der Waals surface area contributed by atoms with Gasteiger partial charge in [0.1, 0.15) is 16.7 Å². The maximum Gasteiger partial charge on any atom is 0.265 e. The van der Waals surface area contributed by atoms with Crippen LogP contribution in [0.25, 0.3) is 38.9 Å². The summed E-state index contributed by atoms with van der Waals surface area (Å²) in [6, 6.07) is 13.5. The van der Waals surface area contributed by atoms with Crippen LogP contribution in [0, 0.1) is 13.8 Å². The van der Waals surface area contributed by atoms with E-state index in [0.717, 1.165) is 41.7 Å². The van der Waals surface area contributed by atoms with Gasteiger partial charge < -0.3 is 4.74 Å². The third kappa shape index (κ3) is 3.22. The molecule has 0 unspecified atom stereocenters. The Bertz CT molecular complexity index is 1620. The SMILES string of the molecule is Cc1ccc(-n2c3nc4ccccc4nc3c3c(=O)n(C[C@H]4CCCO4)c(C)nc32)cc1Cl. The smallest absolute Gasteiger partial charge is 0.265 e. The Balaban J connectivity index is 1.72. The highest BCUT2D eigenvalue weighted by molar-refractivity contribution is 6.31. The first-order chi connectivity index (χ1) is 16.0. The van der Waals surface area contributed by atoms with Crippen LogP contribution >= 0.6 is 11.6 Å². The largest absolute Gasteiger partial charge is 0.376 e. The van der Waals surface area contributed by atoms with E-state index >= 15 is 0 Å². The number of hydrogen-bond acceptors (Lipinski definition) is 5. The number of benzene rings is 2. The minimum atomic E-state index is -0.125. The van der Waals surface area contributed by atoms with Crippen LogP contribution in [0.1, 0.15) is 24.2 Å². The van der Waals surface area contributed by atoms with Crippen molar-refractivity contribution in [3.8, 4) is 5.69 Å². The van der Waals surface area contributed by atoms with Gasteiger partial charge in [0, 0.05) is 11.6 Å². The highest BCUT2D eigenvalue weighted by atomic mass is 35.5. The number of aromatic nitrogens is 5. The van der Waals surface area contributed by atoms with E-state index in [1.807, 2.05) is 60.9 Å². The van der Waals surface area contributed by atoms with Gasteiger partial charge in [0.25, 0.3) is 5.56 Å². The van der Waals surface area contributed by atoms with E-state index in [9.17, 15) is 4.79 Å². The van der Waals surface area contributed by atoms with Crippen LogP contribution in [-0.2, 0) is 11.3 Å². The fraction of sp³-hybridized carbons (Fsp3) is 0.280. The highest BCUT2D eigenvalue weighted by Gasteiger charge is 2.24. The molecule has 3 aromatic heterocycles. The lowest BCUT2D eigenvalue weighted by Crippen LogP contribution is -2.29. The molecule has 7 nitrogen and oxygen atoms in total. The lowest BCUT2D eigenvalue weighted by Gasteiger charge is -2.14. The average Bonchev–Trinajstić information content (AvgIpc) is 3.42. The number of aryl methyl sites for hydroxylation is 2. The normalized spacial score (nSPS) is 16.4. The number of hydrogen-bond donors (Lipinski definition) is 0. The van der Waals surface area contributed by atoms with E-state index in [1.54, 1.807) is 4.57 Å². The van der Waals surface area contributed by atoms with Crippen molar-refractivity contribution in [2.24, 2.45) is 0 Å². The standard InChI is InChI=1S/C25H22ClN5O2/c1-14-9-10-16(12-18(14)26)31-23-21(22-24(31)29-20-8-4-3-7-19(20)28-22)25(32)30(15(2)27-23)13-17-6-5-11-33-17/h3-4,7-10,12,17H,5-6,11,13H2,1-2H3/t17-/m1/s1. The van der Waals surface area contributed by atoms with Gasteiger partial charge in [0.2, 0.25) is 0 Å². The van der Waals surface area contributed by atoms with Gasteiger partial charge >= 0.3 is 0 Å². The van der Waals surface area contributed by atoms with Crippen LogP contribution in [0.2, 0.25) is 5.02 Å². The molecule has 1 atom stereocenters. The van der Waals surface area contributed by atoms with Gasteiger partial charge in [-0.25, -0.2) is 15.0 Å². The monoisotopic (exact) mass is 459 g/mol. The number of halogens is 1. The van der Waals surface area contributed by atoms with Crippen LogP contribution in [0.15, 0.2) is 47.3 Å². The molecule has 1 saturated heterocycles. The molecule has 0 N–H and O–H groups in total. The van der Waals surface area contributed by atoms with Gasteiger partial charge in [-0.3, -0.25) is 13.9 Å². The van der Waals surface area contributed by atoms with Crippen molar-refractivity contribution in [1.29, 1.82) is 0 Å². The highest BCUT2D eigenvalue weighted by Crippen LogP contribution is 2.30. The lowest BCUT2D eigenvalue weighted by atomic mass is 10.2. The zero-order valence-electron chi connectivity index (χ0n) is 18.4. The van der Waals surface area contributed by atoms with E-state index in [4.69, 9.17) is 31.3 Å². The van der Waals surface area contributed by atoms with E-state index in [0.29, 0.717) is 39.6 Å². The Labute approximate surface area is 194 Å². The van der Waals surface area contributed by atoms with Crippen molar-refractivity contribution in [3.05, 3.63) is 69.2 Å². The van der Waals surface area contributed by atoms with Crippen LogP contribution in [-0.4, -0.2) is 36.8 Å². The van der Waals surface area contributed by atoms with Crippen molar-refractivity contribution in [1.82, 2.24) is 24.1 Å². The Morgan fingerprint density at radius 3 is 2.58 bits per heavy atom. The molecule has 6 rings (SSSR count). The lowest BCUT2D eigenvalue weighted by molar-refractivity contribution is 0.0955. The molecule has 0 spiro atoms. The van der Waals surface area contributed by atoms with Crippen molar-refractivity contribution >= 4 is 44.8 Å². The molecule has 0 radical (unpaired) electrons. The third-order valence-electron chi connectivity index (χ3n) is 6.38. The van der Waals surface area contributed by atoms with Crippen molar-refractivity contribution < 1.29 is 4.74 Å². The number of nitrogens with zero attached hydrogens (tertiary/aromatic N) is 5. The molecule has 0 bridgehead atoms. The van der Waals surface area contributed by atoms with Crippen molar-refractivity contribution in [2.45, 2.75) is 39.3 Å². The Kier molecular flexibility index (Phi) is 4.71. The number of ether oxygens (including phenoxy) is 1. The molecular formula is C25H22ClN5O2. The molecule has 166 valence electrons. The Hall–Kier alpha value is -3.29. The summed E-state index contributed by atoms with van der Waals surface area (Å²) in [6.07, 6.45) is 1.98. The summed E-state index contributed by atoms with van der Waals surface area (Å²) in [6.45, 7) is 5.03. The molecule has 0 saturated carbocycles. The first kappa shape index (κ1) is 20.3. The summed E-state index contributed by atoms with van der Waals surface area (Å²) in [5, 5.41) is 1.10. The van der Waals surface area contributed by atoms with Crippen molar-refractivity contribution in [2.75, 3.05) is 6.61 Å². The molecule has 33 heavy (non-hydrogen) atoms. The van der Waals surface area contributed by atoms with Crippen LogP contribution in [0.4, 0.5) is 0 Å². The van der Waals surface area contributed by atoms with Crippen molar-refractivity contribution in [3.63, 3.8) is 0 Å². The maximum atomic E-state index is 13.8. The first-order valence-electron chi connectivity index (χ1n) is 11.1. The van der Waals surface area contributed by atoms with Crippen LogP contribution in [0.3, 0.4) is 0 Å². The second-order valence-electron chi connectivity index (χ2n) is 8.56. The van der Waals surface area contributed by atoms with Crippen LogP contribution in [0.5, 0.6) is 0 Å². The molecule has 8 heteroatoms. The molecule has 4 heterocycles. The van der Waals surface area contributed by atoms with Gasteiger partial charge in [-0.15, -0.1) is 0 Å². The summed E-state index contributed by atoms with van der Waals surface area (Å²) in [5.74, 6) is 0.634. The van der Waals surface area contributed by atoms with Gasteiger partial charge in [0.05, 0.1) is 29.4 Å². The predicted molar refractivity (Wildman–Crippen MR) is 129 cm³/mol. The van der Waals surface area contributed by atoms with E-state index in [-0.39, 0.29) is 11.7 Å². The summed E-state index contributed by atoms with van der Waals surface area (Å²) in [5.41, 5.74) is 4.78. The quantitative estimate of drug-likeness (QED) is 0.390. The first-order valence-corrected chi connectivity index (χ1v) is 11.5. The second-order valence-corrected chi connectivity index (χ2v) is 8.97. The van der Waals surface area contributed by atoms with Gasteiger partial charge in [-0.2, -0.15) is 0 Å². The molecule has 2 aromatic carbocycles. The van der Waals surface area contributed by atoms with Crippen LogP contribution < -0.4 is 5.56 Å². The molecule has 1 aliphatic heterocycles. The topological polar surface area (TPSA) is 74.8 Å². The van der Waals surface area contributed by atoms with Gasteiger partial charge in [0.15, 0.2) is 11.3 Å². The molecular weight excluding hydrogens is 438 g/mol. The Morgan fingerprint density at radius 1 is 1.06 bits per heavy atom. The summed E-state index contributed by atoms with van der Waals surface area (Å²) < 4.78 is 9.39. The zero-order chi connectivity index (χ0) is 22.7.